The molecule has 0 radical (unpaired) electrons. The number of carbonyl (C=O) groups excluding carboxylic acids is 1. The monoisotopic (exact) mass is 424 g/mol. The van der Waals surface area contributed by atoms with Crippen molar-refractivity contribution in [2.75, 3.05) is 5.32 Å². The molecule has 0 unspecified atom stereocenters. The van der Waals surface area contributed by atoms with E-state index in [1.807, 2.05) is 13.8 Å². The molecule has 2 saturated carbocycles. The summed E-state index contributed by atoms with van der Waals surface area (Å²) in [6, 6.07) is 3.58. The largest absolute Gasteiger partial charge is 0.427 e. The first-order valence-electron chi connectivity index (χ1n) is 10.9. The predicted molar refractivity (Wildman–Crippen MR) is 113 cm³/mol. The molecule has 1 spiro atoms. The number of aromatic nitrogens is 3. The van der Waals surface area contributed by atoms with E-state index in [1.54, 1.807) is 12.1 Å². The highest BCUT2D eigenvalue weighted by molar-refractivity contribution is 6.00. The van der Waals surface area contributed by atoms with Crippen LogP contribution in [-0.2, 0) is 5.54 Å². The Bertz CT molecular complexity index is 1110. The lowest BCUT2D eigenvalue weighted by Crippen LogP contribution is -2.48. The summed E-state index contributed by atoms with van der Waals surface area (Å²) in [6.07, 6.45) is 7.51. The zero-order valence-electron chi connectivity index (χ0n) is 17.9. The van der Waals surface area contributed by atoms with Gasteiger partial charge < -0.3 is 20.9 Å². The summed E-state index contributed by atoms with van der Waals surface area (Å²) >= 11 is 0. The molecule has 4 N–H and O–H groups in total. The van der Waals surface area contributed by atoms with Gasteiger partial charge in [-0.3, -0.25) is 4.79 Å². The zero-order chi connectivity index (χ0) is 21.8. The van der Waals surface area contributed by atoms with Gasteiger partial charge in [0, 0.05) is 12.1 Å². The van der Waals surface area contributed by atoms with Crippen LogP contribution in [0.4, 0.5) is 11.6 Å². The van der Waals surface area contributed by atoms with Crippen molar-refractivity contribution in [3.05, 3.63) is 40.8 Å². The van der Waals surface area contributed by atoms with Crippen LogP contribution in [0.5, 0.6) is 0 Å². The molecule has 3 heterocycles. The van der Waals surface area contributed by atoms with Crippen molar-refractivity contribution in [1.29, 1.82) is 0 Å². The van der Waals surface area contributed by atoms with Crippen molar-refractivity contribution in [3.63, 3.8) is 0 Å². The second-order valence-corrected chi connectivity index (χ2v) is 9.44. The van der Waals surface area contributed by atoms with Gasteiger partial charge in [0.05, 0.1) is 22.4 Å². The van der Waals surface area contributed by atoms with Gasteiger partial charge in [0.1, 0.15) is 12.1 Å². The molecular weight excluding hydrogens is 396 g/mol. The number of nitrogens with one attached hydrogen (secondary N) is 2. The van der Waals surface area contributed by atoms with Crippen LogP contribution in [0.1, 0.15) is 73.5 Å². The van der Waals surface area contributed by atoms with Crippen LogP contribution in [0.25, 0.3) is 0 Å². The van der Waals surface area contributed by atoms with E-state index in [0.717, 1.165) is 42.4 Å². The third kappa shape index (κ3) is 3.46. The molecule has 164 valence electrons. The summed E-state index contributed by atoms with van der Waals surface area (Å²) < 4.78 is 1.06. The van der Waals surface area contributed by atoms with Gasteiger partial charge in [0.15, 0.2) is 11.3 Å². The number of rotatable bonds is 3. The van der Waals surface area contributed by atoms with E-state index in [2.05, 4.69) is 25.6 Å². The van der Waals surface area contributed by atoms with Crippen molar-refractivity contribution in [2.45, 2.75) is 76.0 Å². The van der Waals surface area contributed by atoms with Crippen LogP contribution < -0.4 is 16.1 Å². The van der Waals surface area contributed by atoms with E-state index < -0.39 is 11.1 Å². The first-order chi connectivity index (χ1) is 14.8. The van der Waals surface area contributed by atoms with Crippen molar-refractivity contribution < 1.29 is 15.1 Å². The average molecular weight is 425 g/mol. The highest BCUT2D eigenvalue weighted by Gasteiger charge is 2.47. The molecule has 5 rings (SSSR count). The molecule has 9 heteroatoms. The fourth-order valence-electron chi connectivity index (χ4n) is 5.32. The van der Waals surface area contributed by atoms with Crippen LogP contribution in [0, 0.1) is 6.92 Å². The first kappa shape index (κ1) is 20.0. The minimum absolute atomic E-state index is 0.131. The molecule has 9 nitrogen and oxygen atoms in total. The molecule has 1 amide bonds. The lowest BCUT2D eigenvalue weighted by Gasteiger charge is -2.41. The number of pyridine rings is 1. The number of aliphatic hydroxyl groups is 1. The first-order valence-corrected chi connectivity index (χ1v) is 10.9. The van der Waals surface area contributed by atoms with Crippen LogP contribution in [0.15, 0.2) is 23.5 Å². The summed E-state index contributed by atoms with van der Waals surface area (Å²) in [7, 11) is 0. The van der Waals surface area contributed by atoms with Crippen molar-refractivity contribution >= 4 is 17.5 Å². The van der Waals surface area contributed by atoms with Gasteiger partial charge in [-0.05, 0) is 51.2 Å². The third-order valence-corrected chi connectivity index (χ3v) is 6.75. The Hall–Kier alpha value is -2.94. The Morgan fingerprint density at radius 1 is 1.23 bits per heavy atom. The molecule has 3 aliphatic rings. The summed E-state index contributed by atoms with van der Waals surface area (Å²) in [5.41, 5.74) is 1.11. The van der Waals surface area contributed by atoms with Gasteiger partial charge in [-0.15, -0.1) is 0 Å². The number of aryl methyl sites for hydroxylation is 1. The number of nitrogens with zero attached hydrogens (tertiary/aromatic N) is 4. The van der Waals surface area contributed by atoms with E-state index in [-0.39, 0.29) is 11.9 Å². The molecule has 2 aromatic rings. The molecule has 0 atom stereocenters. The second-order valence-electron chi connectivity index (χ2n) is 9.44. The SMILES string of the molecule is Cc1cc(=Nc2cc(NC3CC(C)(O)C3)ncn2)n(O)c2c1C(=O)NC21CCCCC1. The minimum atomic E-state index is -0.622. The number of carbonyl (C=O) groups is 1. The minimum Gasteiger partial charge on any atom is -0.427 e. The quantitative estimate of drug-likeness (QED) is 0.561. The van der Waals surface area contributed by atoms with E-state index in [1.165, 1.54) is 6.33 Å². The van der Waals surface area contributed by atoms with Gasteiger partial charge in [0.25, 0.3) is 5.91 Å². The van der Waals surface area contributed by atoms with Gasteiger partial charge in [-0.25, -0.2) is 15.0 Å². The normalized spacial score (nSPS) is 27.0. The maximum atomic E-state index is 12.7. The van der Waals surface area contributed by atoms with E-state index >= 15 is 0 Å². The number of fused-ring (bicyclic) bond motifs is 2. The molecule has 2 aliphatic carbocycles. The lowest BCUT2D eigenvalue weighted by molar-refractivity contribution is -0.0235. The number of amides is 1. The van der Waals surface area contributed by atoms with Gasteiger partial charge in [-0.1, -0.05) is 19.3 Å². The summed E-state index contributed by atoms with van der Waals surface area (Å²) in [4.78, 5) is 25.7. The summed E-state index contributed by atoms with van der Waals surface area (Å²) in [5.74, 6) is 0.895. The highest BCUT2D eigenvalue weighted by atomic mass is 16.5. The van der Waals surface area contributed by atoms with Crippen LogP contribution >= 0.6 is 0 Å². The highest BCUT2D eigenvalue weighted by Crippen LogP contribution is 2.42. The molecule has 31 heavy (non-hydrogen) atoms. The standard InChI is InChI=1S/C22H28N6O3/c1-13-8-17(26-16-9-15(23-12-24-16)25-14-10-21(2,30)11-14)28(31)19-18(13)20(29)27-22(19)6-4-3-5-7-22/h8-9,12,14,30-31H,3-7,10-11H2,1-2H3,(H,27,29)(H,23,24,25). The molecule has 1 aliphatic heterocycles. The average Bonchev–Trinajstić information content (AvgIpc) is 2.97. The van der Waals surface area contributed by atoms with Crippen molar-refractivity contribution in [1.82, 2.24) is 20.0 Å². The Morgan fingerprint density at radius 2 is 1.97 bits per heavy atom. The second kappa shape index (κ2) is 7.05. The Kier molecular flexibility index (Phi) is 4.55. The zero-order valence-corrected chi connectivity index (χ0v) is 17.9. The fourth-order valence-corrected chi connectivity index (χ4v) is 5.32. The van der Waals surface area contributed by atoms with Gasteiger partial charge in [0.2, 0.25) is 0 Å². The Morgan fingerprint density at radius 3 is 2.68 bits per heavy atom. The molecule has 0 aromatic carbocycles. The predicted octanol–water partition coefficient (Wildman–Crippen LogP) is 2.28. The van der Waals surface area contributed by atoms with Crippen LogP contribution in [0.2, 0.25) is 0 Å². The summed E-state index contributed by atoms with van der Waals surface area (Å²) in [5, 5.41) is 27.4. The van der Waals surface area contributed by atoms with Crippen molar-refractivity contribution in [3.8, 4) is 0 Å². The topological polar surface area (TPSA) is 125 Å². The molecule has 2 aromatic heterocycles. The maximum absolute atomic E-state index is 12.7. The van der Waals surface area contributed by atoms with E-state index in [4.69, 9.17) is 0 Å². The Balaban J connectivity index is 1.52. The molecule has 2 fully saturated rings. The number of hydrogen-bond donors (Lipinski definition) is 4. The lowest BCUT2D eigenvalue weighted by atomic mass is 9.77. The van der Waals surface area contributed by atoms with Crippen molar-refractivity contribution in [2.24, 2.45) is 4.99 Å². The maximum Gasteiger partial charge on any atom is 0.254 e. The van der Waals surface area contributed by atoms with Crippen LogP contribution in [-0.4, -0.2) is 42.6 Å². The number of anilines is 1. The smallest absolute Gasteiger partial charge is 0.254 e. The van der Waals surface area contributed by atoms with Crippen LogP contribution in [0.3, 0.4) is 0 Å². The molecule has 0 bridgehead atoms. The van der Waals surface area contributed by atoms with Gasteiger partial charge in [-0.2, -0.15) is 4.73 Å². The fraction of sp³-hybridized carbons (Fsp3) is 0.545. The van der Waals surface area contributed by atoms with Gasteiger partial charge >= 0.3 is 0 Å². The molecule has 0 saturated heterocycles. The third-order valence-electron chi connectivity index (χ3n) is 6.75. The Labute approximate surface area is 180 Å². The molecular formula is C22H28N6O3. The van der Waals surface area contributed by atoms with E-state index in [9.17, 15) is 15.1 Å². The number of hydrogen-bond acceptors (Lipinski definition) is 7. The summed E-state index contributed by atoms with van der Waals surface area (Å²) in [6.45, 7) is 3.69. The van der Waals surface area contributed by atoms with E-state index in [0.29, 0.717) is 41.2 Å².